The van der Waals surface area contributed by atoms with E-state index in [-0.39, 0.29) is 30.8 Å². The molecule has 13 nitrogen and oxygen atoms in total. The summed E-state index contributed by atoms with van der Waals surface area (Å²) in [6.07, 6.45) is 2.41. The average Bonchev–Trinajstić information content (AvgIpc) is 3.26. The van der Waals surface area contributed by atoms with Gasteiger partial charge in [0, 0.05) is 36.2 Å². The number of primary amides is 1. The summed E-state index contributed by atoms with van der Waals surface area (Å²) in [7, 11) is 0. The molecule has 0 fully saturated rings. The molecule has 15 heteroatoms. The second-order valence-corrected chi connectivity index (χ2v) is 7.51. The maximum Gasteiger partial charge on any atom is 0.326 e. The van der Waals surface area contributed by atoms with Crippen molar-refractivity contribution >= 4 is 54.9 Å². The average molecular weight is 490 g/mol. The predicted octanol–water partition coefficient (Wildman–Crippen LogP) is -3.06. The summed E-state index contributed by atoms with van der Waals surface area (Å²) in [4.78, 5) is 66.4. The molecule has 0 saturated carbocycles. The normalized spacial score (nSPS) is 14.5. The Kier molecular flexibility index (Phi) is 11.6. The molecule has 4 unspecified atom stereocenters. The highest BCUT2D eigenvalue weighted by Gasteiger charge is 2.30. The third kappa shape index (κ3) is 9.15. The number of aromatic amines is 1. The number of H-pyrrole nitrogens is 1. The number of thiol groups is 2. The minimum Gasteiger partial charge on any atom is -0.480 e. The minimum absolute atomic E-state index is 0.0220. The van der Waals surface area contributed by atoms with Crippen LogP contribution in [0, 0.1) is 0 Å². The number of nitrogens with two attached hydrogens (primary N) is 2. The number of aromatic nitrogens is 2. The van der Waals surface area contributed by atoms with Crippen LogP contribution in [0.15, 0.2) is 12.5 Å². The molecule has 0 radical (unpaired) electrons. The Bertz CT molecular complexity index is 807. The van der Waals surface area contributed by atoms with Crippen LogP contribution in [0.4, 0.5) is 0 Å². The number of carboxylic acid groups (broad SMARTS) is 1. The highest BCUT2D eigenvalue weighted by atomic mass is 32.1. The van der Waals surface area contributed by atoms with Crippen molar-refractivity contribution < 1.29 is 29.1 Å². The summed E-state index contributed by atoms with van der Waals surface area (Å²) in [5.74, 6) is -4.38. The monoisotopic (exact) mass is 489 g/mol. The van der Waals surface area contributed by atoms with E-state index in [4.69, 9.17) is 11.5 Å². The predicted molar refractivity (Wildman–Crippen MR) is 120 cm³/mol. The number of aliphatic carboxylic acids is 1. The van der Waals surface area contributed by atoms with Crippen LogP contribution in [-0.4, -0.2) is 80.3 Å². The fourth-order valence-corrected chi connectivity index (χ4v) is 2.89. The lowest BCUT2D eigenvalue weighted by molar-refractivity contribution is -0.142. The maximum absolute atomic E-state index is 12.8. The van der Waals surface area contributed by atoms with Crippen LogP contribution in [0.3, 0.4) is 0 Å². The van der Waals surface area contributed by atoms with Crippen molar-refractivity contribution in [1.82, 2.24) is 25.9 Å². The van der Waals surface area contributed by atoms with E-state index in [2.05, 4.69) is 51.2 Å². The van der Waals surface area contributed by atoms with E-state index in [1.165, 1.54) is 12.5 Å². The van der Waals surface area contributed by atoms with Crippen LogP contribution in [0.2, 0.25) is 0 Å². The molecule has 1 aromatic rings. The molecule has 1 rings (SSSR count). The van der Waals surface area contributed by atoms with Gasteiger partial charge in [-0.15, -0.1) is 0 Å². The molecular formula is C17H27N7O6S2. The molecule has 0 aliphatic heterocycles. The number of nitrogens with one attached hydrogen (secondary N) is 4. The molecule has 0 saturated heterocycles. The number of carbonyl (C=O) groups excluding carboxylic acids is 4. The molecule has 1 aromatic heterocycles. The van der Waals surface area contributed by atoms with Gasteiger partial charge in [-0.1, -0.05) is 0 Å². The van der Waals surface area contributed by atoms with Crippen molar-refractivity contribution in [2.45, 2.75) is 43.4 Å². The van der Waals surface area contributed by atoms with E-state index >= 15 is 0 Å². The van der Waals surface area contributed by atoms with Gasteiger partial charge in [-0.2, -0.15) is 25.3 Å². The summed E-state index contributed by atoms with van der Waals surface area (Å²) >= 11 is 7.98. The third-order valence-electron chi connectivity index (χ3n) is 4.25. The molecule has 0 aliphatic carbocycles. The number of hydrogen-bond donors (Lipinski definition) is 9. The Balaban J connectivity index is 2.88. The first-order valence-electron chi connectivity index (χ1n) is 9.45. The Morgan fingerprint density at radius 1 is 1.00 bits per heavy atom. The van der Waals surface area contributed by atoms with Gasteiger partial charge in [0.1, 0.15) is 18.1 Å². The summed E-state index contributed by atoms with van der Waals surface area (Å²) in [6.45, 7) is 0. The molecular weight excluding hydrogens is 462 g/mol. The molecule has 9 N–H and O–H groups in total. The second kappa shape index (κ2) is 13.6. The van der Waals surface area contributed by atoms with Crippen molar-refractivity contribution in [2.75, 3.05) is 11.5 Å². The summed E-state index contributed by atoms with van der Waals surface area (Å²) in [5.41, 5.74) is 11.2. The number of hydrogen-bond acceptors (Lipinski definition) is 9. The van der Waals surface area contributed by atoms with E-state index in [1.807, 2.05) is 0 Å². The van der Waals surface area contributed by atoms with E-state index < -0.39 is 53.8 Å². The molecule has 178 valence electrons. The third-order valence-corrected chi connectivity index (χ3v) is 5.01. The minimum atomic E-state index is -1.39. The van der Waals surface area contributed by atoms with Crippen LogP contribution in [-0.2, 0) is 30.4 Å². The lowest BCUT2D eigenvalue weighted by atomic mass is 10.1. The largest absolute Gasteiger partial charge is 0.480 e. The summed E-state index contributed by atoms with van der Waals surface area (Å²) in [6, 6.07) is -4.68. The Labute approximate surface area is 194 Å². The molecule has 4 atom stereocenters. The highest BCUT2D eigenvalue weighted by Crippen LogP contribution is 2.03. The summed E-state index contributed by atoms with van der Waals surface area (Å²) in [5, 5.41) is 16.4. The Morgan fingerprint density at radius 3 is 2.09 bits per heavy atom. The van der Waals surface area contributed by atoms with Crippen LogP contribution in [0.25, 0.3) is 0 Å². The lowest BCUT2D eigenvalue weighted by Gasteiger charge is -2.24. The smallest absolute Gasteiger partial charge is 0.326 e. The van der Waals surface area contributed by atoms with Gasteiger partial charge in [-0.25, -0.2) is 9.78 Å². The van der Waals surface area contributed by atoms with Gasteiger partial charge < -0.3 is 37.5 Å². The van der Waals surface area contributed by atoms with Gasteiger partial charge in [-0.05, 0) is 6.42 Å². The fraction of sp³-hybridized carbons (Fsp3) is 0.529. The quantitative estimate of drug-likeness (QED) is 0.122. The number of rotatable bonds is 14. The van der Waals surface area contributed by atoms with Crippen molar-refractivity contribution in [3.8, 4) is 0 Å². The van der Waals surface area contributed by atoms with Crippen molar-refractivity contribution in [2.24, 2.45) is 11.5 Å². The number of nitrogens with zero attached hydrogens (tertiary/aromatic N) is 1. The van der Waals surface area contributed by atoms with Crippen LogP contribution in [0.5, 0.6) is 0 Å². The molecule has 4 amide bonds. The number of imidazole rings is 1. The maximum atomic E-state index is 12.8. The Morgan fingerprint density at radius 2 is 1.59 bits per heavy atom. The standard InChI is InChI=1S/C17H27N7O6S2/c18-9(5-31)14(26)23-11(3-8-4-20-7-21-8)15(27)24-12(6-32)16(28)22-10(17(29)30)1-2-13(19)25/h4,7,9-12,31-32H,1-3,5-6,18H2,(H2,19,25)(H,20,21)(H,22,28)(H,23,26)(H,24,27)(H,29,30). The van der Waals surface area contributed by atoms with Crippen LogP contribution in [0.1, 0.15) is 18.5 Å². The SMILES string of the molecule is NC(=O)CCC(NC(=O)C(CS)NC(=O)C(Cc1cnc[nH]1)NC(=O)C(N)CS)C(=O)O. The van der Waals surface area contributed by atoms with E-state index in [0.717, 1.165) is 0 Å². The van der Waals surface area contributed by atoms with Gasteiger partial charge >= 0.3 is 5.97 Å². The van der Waals surface area contributed by atoms with Crippen molar-refractivity contribution in [1.29, 1.82) is 0 Å². The van der Waals surface area contributed by atoms with Crippen LogP contribution >= 0.6 is 25.3 Å². The zero-order valence-corrected chi connectivity index (χ0v) is 18.8. The van der Waals surface area contributed by atoms with Crippen LogP contribution < -0.4 is 27.4 Å². The zero-order chi connectivity index (χ0) is 24.3. The zero-order valence-electron chi connectivity index (χ0n) is 17.0. The van der Waals surface area contributed by atoms with Gasteiger partial charge in [0.05, 0.1) is 12.4 Å². The highest BCUT2D eigenvalue weighted by molar-refractivity contribution is 7.80. The first-order valence-corrected chi connectivity index (χ1v) is 10.7. The van der Waals surface area contributed by atoms with Gasteiger partial charge in [0.2, 0.25) is 23.6 Å². The second-order valence-electron chi connectivity index (χ2n) is 6.78. The lowest BCUT2D eigenvalue weighted by Crippen LogP contribution is -2.58. The summed E-state index contributed by atoms with van der Waals surface area (Å²) < 4.78 is 0. The van der Waals surface area contributed by atoms with Crippen molar-refractivity contribution in [3.63, 3.8) is 0 Å². The van der Waals surface area contributed by atoms with E-state index in [1.54, 1.807) is 0 Å². The van der Waals surface area contributed by atoms with E-state index in [9.17, 15) is 29.1 Å². The molecule has 0 bridgehead atoms. The van der Waals surface area contributed by atoms with E-state index in [0.29, 0.717) is 5.69 Å². The van der Waals surface area contributed by atoms with Gasteiger partial charge in [-0.3, -0.25) is 19.2 Å². The number of carboxylic acids is 1. The number of carbonyl (C=O) groups is 5. The first-order chi connectivity index (χ1) is 15.1. The molecule has 0 aromatic carbocycles. The molecule has 32 heavy (non-hydrogen) atoms. The van der Waals surface area contributed by atoms with Gasteiger partial charge in [0.25, 0.3) is 0 Å². The molecule has 0 spiro atoms. The molecule has 1 heterocycles. The Hall–Kier alpha value is -2.78. The topological polar surface area (TPSA) is 222 Å². The fourth-order valence-electron chi connectivity index (χ4n) is 2.47. The molecule has 0 aliphatic rings. The van der Waals surface area contributed by atoms with Crippen molar-refractivity contribution in [3.05, 3.63) is 18.2 Å². The number of amides is 4. The van der Waals surface area contributed by atoms with Gasteiger partial charge in [0.15, 0.2) is 0 Å². The first kappa shape index (κ1) is 27.3.